The average Bonchev–Trinajstić information content (AvgIpc) is 3.28. The summed E-state index contributed by atoms with van der Waals surface area (Å²) < 4.78 is 6.47. The van der Waals surface area contributed by atoms with Crippen molar-refractivity contribution in [1.82, 2.24) is 4.98 Å². The molecule has 0 saturated heterocycles. The Hall–Kier alpha value is -4.51. The van der Waals surface area contributed by atoms with Gasteiger partial charge in [0.1, 0.15) is 11.5 Å². The van der Waals surface area contributed by atoms with Crippen LogP contribution < -0.4 is 30.9 Å². The zero-order valence-corrected chi connectivity index (χ0v) is 22.8. The maximum Gasteiger partial charge on any atom is 0.247 e. The van der Waals surface area contributed by atoms with Crippen molar-refractivity contribution in [1.29, 1.82) is 0 Å². The molecule has 3 heterocycles. The van der Waals surface area contributed by atoms with Crippen molar-refractivity contribution < 1.29 is 4.74 Å². The summed E-state index contributed by atoms with van der Waals surface area (Å²) in [5.74, 6) is 1.63. The Morgan fingerprint density at radius 1 is 0.744 bits per heavy atom. The van der Waals surface area contributed by atoms with Gasteiger partial charge < -0.3 is 14.5 Å². The minimum atomic E-state index is 0.167. The van der Waals surface area contributed by atoms with Crippen LogP contribution in [0.2, 0.25) is 0 Å². The van der Waals surface area contributed by atoms with E-state index in [2.05, 4.69) is 103 Å². The fraction of sp³-hybridized carbons (Fsp3) is 0.147. The molecule has 1 aromatic heterocycles. The van der Waals surface area contributed by atoms with Crippen LogP contribution in [-0.2, 0) is 0 Å². The van der Waals surface area contributed by atoms with Crippen molar-refractivity contribution in [3.05, 3.63) is 114 Å². The number of anilines is 3. The third kappa shape index (κ3) is 3.88. The van der Waals surface area contributed by atoms with Crippen LogP contribution in [0.4, 0.5) is 17.1 Å². The molecule has 0 bridgehead atoms. The van der Waals surface area contributed by atoms with Crippen LogP contribution in [-0.4, -0.2) is 25.4 Å². The van der Waals surface area contributed by atoms with Crippen molar-refractivity contribution >= 4 is 40.2 Å². The van der Waals surface area contributed by atoms with Gasteiger partial charge >= 0.3 is 0 Å². The van der Waals surface area contributed by atoms with Gasteiger partial charge in [0.2, 0.25) is 6.71 Å². The predicted molar refractivity (Wildman–Crippen MR) is 163 cm³/mol. The normalized spacial score (nSPS) is 13.4. The predicted octanol–water partition coefficient (Wildman–Crippen LogP) is 5.84. The van der Waals surface area contributed by atoms with Crippen molar-refractivity contribution in [3.63, 3.8) is 0 Å². The number of pyridine rings is 1. The summed E-state index contributed by atoms with van der Waals surface area (Å²) in [7, 11) is 2.18. The smallest absolute Gasteiger partial charge is 0.247 e. The molecule has 2 aliphatic heterocycles. The Balaban J connectivity index is 1.35. The van der Waals surface area contributed by atoms with E-state index in [-0.39, 0.29) is 6.71 Å². The number of benzene rings is 4. The molecular formula is C34H30BN3O. The number of hydrogen-bond acceptors (Lipinski definition) is 4. The Bertz CT molecular complexity index is 1710. The van der Waals surface area contributed by atoms with Crippen LogP contribution in [0.1, 0.15) is 16.7 Å². The van der Waals surface area contributed by atoms with Gasteiger partial charge in [-0.3, -0.25) is 4.98 Å². The lowest BCUT2D eigenvalue weighted by atomic mass is 9.34. The second-order valence-corrected chi connectivity index (χ2v) is 10.8. The van der Waals surface area contributed by atoms with Crippen LogP contribution in [0.5, 0.6) is 11.5 Å². The number of rotatable bonds is 4. The summed E-state index contributed by atoms with van der Waals surface area (Å²) in [4.78, 5) is 9.29. The molecule has 0 radical (unpaired) electrons. The van der Waals surface area contributed by atoms with Crippen molar-refractivity contribution in [2.45, 2.75) is 20.8 Å². The molecule has 0 amide bonds. The van der Waals surface area contributed by atoms with Gasteiger partial charge in [0.25, 0.3) is 0 Å². The van der Waals surface area contributed by atoms with Crippen LogP contribution >= 0.6 is 0 Å². The quantitative estimate of drug-likeness (QED) is 0.286. The molecule has 5 heteroatoms. The van der Waals surface area contributed by atoms with Crippen LogP contribution in [0.3, 0.4) is 0 Å². The number of nitrogens with zero attached hydrogens (tertiary/aromatic N) is 3. The molecule has 4 aromatic carbocycles. The Labute approximate surface area is 230 Å². The van der Waals surface area contributed by atoms with Crippen molar-refractivity contribution in [2.24, 2.45) is 0 Å². The minimum Gasteiger partial charge on any atom is -0.457 e. The zero-order chi connectivity index (χ0) is 26.7. The first-order valence-electron chi connectivity index (χ1n) is 13.5. The Kier molecular flexibility index (Phi) is 5.48. The first-order chi connectivity index (χ1) is 19.0. The first kappa shape index (κ1) is 23.6. The van der Waals surface area contributed by atoms with Gasteiger partial charge in [-0.05, 0) is 68.1 Å². The van der Waals surface area contributed by atoms with E-state index in [0.717, 1.165) is 29.4 Å². The topological polar surface area (TPSA) is 28.6 Å². The fourth-order valence-electron chi connectivity index (χ4n) is 6.52. The number of ether oxygens (including phenoxy) is 1. The number of fused-ring (bicyclic) bond motifs is 2. The monoisotopic (exact) mass is 507 g/mol. The molecule has 0 aliphatic carbocycles. The van der Waals surface area contributed by atoms with Crippen molar-refractivity contribution in [2.75, 3.05) is 23.5 Å². The molecule has 0 unspecified atom stereocenters. The molecule has 4 nitrogen and oxygen atoms in total. The lowest BCUT2D eigenvalue weighted by Gasteiger charge is -2.34. The first-order valence-corrected chi connectivity index (χ1v) is 13.5. The molecule has 7 rings (SSSR count). The standard InChI is InChI=1S/C34H30BN3O/c1-22-17-23(2)33(24(3)18-22)35-28-15-14-27(39-26-10-7-9-25(19-26)30-12-5-6-16-36-30)20-32(28)38-21-37(4)31-13-8-11-29(35)34(31)38/h5-20H,21H2,1-4H3. The maximum absolute atomic E-state index is 6.47. The van der Waals surface area contributed by atoms with Gasteiger partial charge in [0, 0.05) is 30.6 Å². The summed E-state index contributed by atoms with van der Waals surface area (Å²) >= 11 is 0. The lowest BCUT2D eigenvalue weighted by Crippen LogP contribution is -2.58. The zero-order valence-electron chi connectivity index (χ0n) is 22.8. The molecule has 0 saturated carbocycles. The second-order valence-electron chi connectivity index (χ2n) is 10.8. The van der Waals surface area contributed by atoms with Gasteiger partial charge in [0.05, 0.1) is 23.7 Å². The van der Waals surface area contributed by atoms with E-state index in [1.165, 1.54) is 50.1 Å². The maximum atomic E-state index is 6.47. The summed E-state index contributed by atoms with van der Waals surface area (Å²) in [6.07, 6.45) is 1.82. The van der Waals surface area contributed by atoms with Gasteiger partial charge in [-0.25, -0.2) is 0 Å². The summed E-state index contributed by atoms with van der Waals surface area (Å²) in [5, 5.41) is 0. The molecular weight excluding hydrogens is 477 g/mol. The molecule has 39 heavy (non-hydrogen) atoms. The molecule has 0 fully saturated rings. The molecule has 0 N–H and O–H groups in total. The molecule has 0 spiro atoms. The van der Waals surface area contributed by atoms with E-state index in [0.29, 0.717) is 0 Å². The van der Waals surface area contributed by atoms with Gasteiger partial charge in [-0.2, -0.15) is 0 Å². The summed E-state index contributed by atoms with van der Waals surface area (Å²) in [5.41, 5.74) is 13.9. The minimum absolute atomic E-state index is 0.167. The van der Waals surface area contributed by atoms with Crippen LogP contribution in [0.25, 0.3) is 11.3 Å². The van der Waals surface area contributed by atoms with E-state index in [1.807, 2.05) is 36.5 Å². The fourth-order valence-corrected chi connectivity index (χ4v) is 6.52. The molecule has 190 valence electrons. The van der Waals surface area contributed by atoms with E-state index >= 15 is 0 Å². The van der Waals surface area contributed by atoms with Gasteiger partial charge in [-0.15, -0.1) is 0 Å². The SMILES string of the molecule is Cc1cc(C)c(B2c3ccc(Oc4cccc(-c5ccccn5)c4)cc3N3CN(C)c4cccc2c43)c(C)c1. The Morgan fingerprint density at radius 2 is 1.54 bits per heavy atom. The summed E-state index contributed by atoms with van der Waals surface area (Å²) in [6, 6.07) is 32.1. The third-order valence-corrected chi connectivity index (χ3v) is 8.05. The highest BCUT2D eigenvalue weighted by Gasteiger charge is 2.40. The largest absolute Gasteiger partial charge is 0.457 e. The highest BCUT2D eigenvalue weighted by molar-refractivity contribution is 6.98. The number of hydrogen-bond donors (Lipinski definition) is 0. The molecule has 0 atom stereocenters. The lowest BCUT2D eigenvalue weighted by molar-refractivity contribution is 0.483. The average molecular weight is 507 g/mol. The van der Waals surface area contributed by atoms with E-state index < -0.39 is 0 Å². The third-order valence-electron chi connectivity index (χ3n) is 8.05. The van der Waals surface area contributed by atoms with Crippen LogP contribution in [0.15, 0.2) is 97.2 Å². The highest BCUT2D eigenvalue weighted by atomic mass is 16.5. The molecule has 2 aliphatic rings. The van der Waals surface area contributed by atoms with Crippen molar-refractivity contribution in [3.8, 4) is 22.8 Å². The Morgan fingerprint density at radius 3 is 2.33 bits per heavy atom. The highest BCUT2D eigenvalue weighted by Crippen LogP contribution is 2.42. The van der Waals surface area contributed by atoms with E-state index in [4.69, 9.17) is 4.74 Å². The number of aryl methyl sites for hydroxylation is 3. The van der Waals surface area contributed by atoms with Gasteiger partial charge in [0.15, 0.2) is 0 Å². The number of para-hydroxylation sites is 1. The second kappa shape index (κ2) is 9.06. The summed E-state index contributed by atoms with van der Waals surface area (Å²) in [6.45, 7) is 7.67. The van der Waals surface area contributed by atoms with Crippen LogP contribution in [0, 0.1) is 20.8 Å². The van der Waals surface area contributed by atoms with E-state index in [9.17, 15) is 0 Å². The molecule has 5 aromatic rings. The van der Waals surface area contributed by atoms with E-state index in [1.54, 1.807) is 0 Å². The van der Waals surface area contributed by atoms with Gasteiger partial charge in [-0.1, -0.05) is 70.7 Å². The number of aromatic nitrogens is 1.